The molecule has 1 aromatic heterocycles. The number of benzene rings is 3. The first-order valence-electron chi connectivity index (χ1n) is 11.4. The van der Waals surface area contributed by atoms with Crippen molar-refractivity contribution in [1.29, 1.82) is 0 Å². The summed E-state index contributed by atoms with van der Waals surface area (Å²) in [6.45, 7) is 3.56. The van der Waals surface area contributed by atoms with Gasteiger partial charge in [0, 0.05) is 31.6 Å². The van der Waals surface area contributed by atoms with Gasteiger partial charge in [-0.1, -0.05) is 54.6 Å². The SMILES string of the molecule is O=C1CCCN1CCCNCc1ccc(-c2cccc(-c3nc4ccccc4[nH]3)c2)cc1. The van der Waals surface area contributed by atoms with Crippen LogP contribution in [-0.4, -0.2) is 40.4 Å². The molecule has 3 aromatic carbocycles. The fraction of sp³-hybridized carbons (Fsp3) is 0.259. The number of H-pyrrole nitrogens is 1. The van der Waals surface area contributed by atoms with E-state index in [1.165, 1.54) is 16.7 Å². The van der Waals surface area contributed by atoms with Gasteiger partial charge in [-0.25, -0.2) is 4.98 Å². The fourth-order valence-electron chi connectivity index (χ4n) is 4.32. The van der Waals surface area contributed by atoms with Crippen LogP contribution in [0, 0.1) is 0 Å². The van der Waals surface area contributed by atoms with Gasteiger partial charge in [-0.3, -0.25) is 4.79 Å². The summed E-state index contributed by atoms with van der Waals surface area (Å²) in [5, 5.41) is 3.49. The summed E-state index contributed by atoms with van der Waals surface area (Å²) in [4.78, 5) is 21.8. The van der Waals surface area contributed by atoms with Gasteiger partial charge in [0.1, 0.15) is 5.82 Å². The van der Waals surface area contributed by atoms with E-state index < -0.39 is 0 Å². The lowest BCUT2D eigenvalue weighted by atomic mass is 10.0. The van der Waals surface area contributed by atoms with Crippen molar-refractivity contribution in [3.63, 3.8) is 0 Å². The number of rotatable bonds is 8. The third-order valence-electron chi connectivity index (χ3n) is 6.09. The summed E-state index contributed by atoms with van der Waals surface area (Å²) in [6, 6.07) is 25.3. The third-order valence-corrected chi connectivity index (χ3v) is 6.09. The van der Waals surface area contributed by atoms with Crippen molar-refractivity contribution < 1.29 is 4.79 Å². The Labute approximate surface area is 188 Å². The maximum atomic E-state index is 11.7. The van der Waals surface area contributed by atoms with Crippen LogP contribution in [0.1, 0.15) is 24.8 Å². The molecule has 1 aliphatic heterocycles. The molecule has 1 aliphatic rings. The van der Waals surface area contributed by atoms with E-state index in [9.17, 15) is 4.79 Å². The van der Waals surface area contributed by atoms with Crippen LogP contribution in [0.15, 0.2) is 72.8 Å². The van der Waals surface area contributed by atoms with Crippen molar-refractivity contribution in [2.45, 2.75) is 25.8 Å². The van der Waals surface area contributed by atoms with Crippen LogP contribution >= 0.6 is 0 Å². The fourth-order valence-corrected chi connectivity index (χ4v) is 4.32. The third kappa shape index (κ3) is 4.58. The monoisotopic (exact) mass is 424 g/mol. The van der Waals surface area contributed by atoms with Gasteiger partial charge in [-0.05, 0) is 54.3 Å². The van der Waals surface area contributed by atoms with Gasteiger partial charge >= 0.3 is 0 Å². The standard InChI is InChI=1S/C27H28N4O/c32-26-10-4-16-31(26)17-5-15-28-19-20-11-13-21(14-12-20)22-6-3-7-23(18-22)27-29-24-8-1-2-9-25(24)30-27/h1-3,6-9,11-14,18,28H,4-5,10,15-17,19H2,(H,29,30). The highest BCUT2D eigenvalue weighted by Crippen LogP contribution is 2.26. The molecule has 0 saturated carbocycles. The number of carbonyl (C=O) groups is 1. The van der Waals surface area contributed by atoms with Gasteiger partial charge in [0.15, 0.2) is 0 Å². The summed E-state index contributed by atoms with van der Waals surface area (Å²) < 4.78 is 0. The summed E-state index contributed by atoms with van der Waals surface area (Å²) >= 11 is 0. The van der Waals surface area contributed by atoms with Crippen LogP contribution in [0.3, 0.4) is 0 Å². The molecule has 0 atom stereocenters. The van der Waals surface area contributed by atoms with E-state index in [0.29, 0.717) is 5.91 Å². The topological polar surface area (TPSA) is 61.0 Å². The highest BCUT2D eigenvalue weighted by Gasteiger charge is 2.18. The minimum absolute atomic E-state index is 0.310. The molecule has 1 amide bonds. The molecule has 2 N–H and O–H groups in total. The number of para-hydroxylation sites is 2. The number of fused-ring (bicyclic) bond motifs is 1. The second kappa shape index (κ2) is 9.37. The van der Waals surface area contributed by atoms with Crippen LogP contribution in [0.5, 0.6) is 0 Å². The van der Waals surface area contributed by atoms with Gasteiger partial charge in [0.2, 0.25) is 5.91 Å². The van der Waals surface area contributed by atoms with Gasteiger partial charge < -0.3 is 15.2 Å². The largest absolute Gasteiger partial charge is 0.343 e. The predicted molar refractivity (Wildman–Crippen MR) is 129 cm³/mol. The van der Waals surface area contributed by atoms with E-state index in [4.69, 9.17) is 4.98 Å². The predicted octanol–water partition coefficient (Wildman–Crippen LogP) is 5.00. The normalized spacial score (nSPS) is 13.9. The molecular weight excluding hydrogens is 396 g/mol. The first kappa shape index (κ1) is 20.5. The smallest absolute Gasteiger partial charge is 0.222 e. The van der Waals surface area contributed by atoms with Gasteiger partial charge in [-0.2, -0.15) is 0 Å². The van der Waals surface area contributed by atoms with Crippen LogP contribution < -0.4 is 5.32 Å². The Kier molecular flexibility index (Phi) is 5.99. The molecule has 0 aliphatic carbocycles. The number of amides is 1. The number of likely N-dealkylation sites (tertiary alicyclic amines) is 1. The Bertz CT molecular complexity index is 1180. The minimum atomic E-state index is 0.310. The number of nitrogens with one attached hydrogen (secondary N) is 2. The van der Waals surface area contributed by atoms with E-state index in [2.05, 4.69) is 58.8 Å². The molecule has 0 radical (unpaired) electrons. The second-order valence-corrected chi connectivity index (χ2v) is 8.39. The molecule has 32 heavy (non-hydrogen) atoms. The van der Waals surface area contributed by atoms with E-state index in [-0.39, 0.29) is 0 Å². The number of aromatic nitrogens is 2. The molecule has 0 bridgehead atoms. The van der Waals surface area contributed by atoms with E-state index in [0.717, 1.165) is 67.9 Å². The molecule has 4 aromatic rings. The average Bonchev–Trinajstić information content (AvgIpc) is 3.45. The molecule has 162 valence electrons. The lowest BCUT2D eigenvalue weighted by Gasteiger charge is -2.15. The molecule has 5 heteroatoms. The maximum Gasteiger partial charge on any atom is 0.222 e. The summed E-state index contributed by atoms with van der Waals surface area (Å²) in [5.74, 6) is 1.20. The summed E-state index contributed by atoms with van der Waals surface area (Å²) in [6.07, 6.45) is 2.74. The molecule has 5 rings (SSSR count). The molecule has 0 spiro atoms. The molecule has 1 saturated heterocycles. The average molecular weight is 425 g/mol. The Balaban J connectivity index is 1.18. The van der Waals surface area contributed by atoms with E-state index >= 15 is 0 Å². The Morgan fingerprint density at radius 2 is 1.78 bits per heavy atom. The number of hydrogen-bond acceptors (Lipinski definition) is 3. The number of nitrogens with zero attached hydrogens (tertiary/aromatic N) is 2. The number of carbonyl (C=O) groups excluding carboxylic acids is 1. The lowest BCUT2D eigenvalue weighted by Crippen LogP contribution is -2.28. The first-order chi connectivity index (χ1) is 15.8. The quantitative estimate of drug-likeness (QED) is 0.391. The van der Waals surface area contributed by atoms with Crippen molar-refractivity contribution in [3.8, 4) is 22.5 Å². The minimum Gasteiger partial charge on any atom is -0.343 e. The zero-order valence-corrected chi connectivity index (χ0v) is 18.2. The zero-order valence-electron chi connectivity index (χ0n) is 18.2. The van der Waals surface area contributed by atoms with Crippen molar-refractivity contribution in [2.24, 2.45) is 0 Å². The number of hydrogen-bond donors (Lipinski definition) is 2. The second-order valence-electron chi connectivity index (χ2n) is 8.39. The lowest BCUT2D eigenvalue weighted by molar-refractivity contribution is -0.127. The molecule has 5 nitrogen and oxygen atoms in total. The molecule has 2 heterocycles. The number of aromatic amines is 1. The van der Waals surface area contributed by atoms with E-state index in [1.807, 2.05) is 29.2 Å². The summed E-state index contributed by atoms with van der Waals surface area (Å²) in [7, 11) is 0. The highest BCUT2D eigenvalue weighted by atomic mass is 16.2. The van der Waals surface area contributed by atoms with Crippen molar-refractivity contribution in [2.75, 3.05) is 19.6 Å². The van der Waals surface area contributed by atoms with Crippen molar-refractivity contribution >= 4 is 16.9 Å². The van der Waals surface area contributed by atoms with Crippen LogP contribution in [0.25, 0.3) is 33.5 Å². The Morgan fingerprint density at radius 3 is 2.59 bits per heavy atom. The van der Waals surface area contributed by atoms with Gasteiger partial charge in [-0.15, -0.1) is 0 Å². The van der Waals surface area contributed by atoms with Crippen LogP contribution in [-0.2, 0) is 11.3 Å². The number of imidazole rings is 1. The van der Waals surface area contributed by atoms with Crippen LogP contribution in [0.2, 0.25) is 0 Å². The Morgan fingerprint density at radius 1 is 0.938 bits per heavy atom. The van der Waals surface area contributed by atoms with Crippen molar-refractivity contribution in [3.05, 3.63) is 78.4 Å². The first-order valence-corrected chi connectivity index (χ1v) is 11.4. The van der Waals surface area contributed by atoms with Gasteiger partial charge in [0.05, 0.1) is 11.0 Å². The molecule has 0 unspecified atom stereocenters. The highest BCUT2D eigenvalue weighted by molar-refractivity contribution is 5.80. The zero-order chi connectivity index (χ0) is 21.8. The molecule has 1 fully saturated rings. The molecular formula is C27H28N4O. The van der Waals surface area contributed by atoms with E-state index in [1.54, 1.807) is 0 Å². The van der Waals surface area contributed by atoms with Crippen molar-refractivity contribution in [1.82, 2.24) is 20.2 Å². The maximum absolute atomic E-state index is 11.7. The Hall–Kier alpha value is -3.44. The van der Waals surface area contributed by atoms with Gasteiger partial charge in [0.25, 0.3) is 0 Å². The summed E-state index contributed by atoms with van der Waals surface area (Å²) in [5.41, 5.74) is 6.76. The van der Waals surface area contributed by atoms with Crippen LogP contribution in [0.4, 0.5) is 0 Å².